The number of amides is 1. The summed E-state index contributed by atoms with van der Waals surface area (Å²) in [5, 5.41) is 0. The van der Waals surface area contributed by atoms with E-state index in [0.29, 0.717) is 48.6 Å². The Labute approximate surface area is 196 Å². The highest BCUT2D eigenvalue weighted by Crippen LogP contribution is 2.17. The molecule has 1 saturated heterocycles. The summed E-state index contributed by atoms with van der Waals surface area (Å²) < 4.78 is 8.65. The van der Waals surface area contributed by atoms with Gasteiger partial charge < -0.3 is 14.2 Å². The summed E-state index contributed by atoms with van der Waals surface area (Å²) >= 11 is 0. The van der Waals surface area contributed by atoms with Gasteiger partial charge in [-0.25, -0.2) is 14.6 Å². The predicted molar refractivity (Wildman–Crippen MR) is 125 cm³/mol. The molecule has 1 N–H and O–H groups in total. The molecule has 10 nitrogen and oxygen atoms in total. The first-order chi connectivity index (χ1) is 16.4. The van der Waals surface area contributed by atoms with Crippen LogP contribution in [0.5, 0.6) is 0 Å². The van der Waals surface area contributed by atoms with Gasteiger partial charge in [0.2, 0.25) is 5.91 Å². The Balaban J connectivity index is 1.55. The number of aryl methyl sites for hydroxylation is 2. The minimum absolute atomic E-state index is 0.124. The van der Waals surface area contributed by atoms with E-state index in [0.717, 1.165) is 31.4 Å². The molecule has 10 heteroatoms. The lowest BCUT2D eigenvalue weighted by atomic mass is 10.1. The highest BCUT2D eigenvalue weighted by Gasteiger charge is 2.21. The van der Waals surface area contributed by atoms with Crippen molar-refractivity contribution in [2.75, 3.05) is 6.54 Å². The van der Waals surface area contributed by atoms with Gasteiger partial charge in [-0.05, 0) is 37.5 Å². The number of esters is 1. The van der Waals surface area contributed by atoms with Gasteiger partial charge in [0.15, 0.2) is 11.2 Å². The molecule has 1 aliphatic heterocycles. The quantitative estimate of drug-likeness (QED) is 0.482. The number of carbonyl (C=O) groups is 2. The summed E-state index contributed by atoms with van der Waals surface area (Å²) in [6, 6.07) is 7.03. The number of rotatable bonds is 9. The largest absolute Gasteiger partial charge is 0.454 e. The van der Waals surface area contributed by atoms with Crippen molar-refractivity contribution in [3.8, 4) is 0 Å². The van der Waals surface area contributed by atoms with Crippen LogP contribution in [0.15, 0.2) is 33.9 Å². The van der Waals surface area contributed by atoms with Crippen molar-refractivity contribution >= 4 is 23.0 Å². The normalized spacial score (nSPS) is 13.7. The van der Waals surface area contributed by atoms with Crippen LogP contribution in [0.2, 0.25) is 0 Å². The minimum Gasteiger partial charge on any atom is -0.454 e. The zero-order chi connectivity index (χ0) is 24.2. The van der Waals surface area contributed by atoms with Gasteiger partial charge in [0.25, 0.3) is 5.56 Å². The fourth-order valence-electron chi connectivity index (χ4n) is 4.29. The number of aromatic amines is 1. The second-order valence-corrected chi connectivity index (χ2v) is 8.40. The summed E-state index contributed by atoms with van der Waals surface area (Å²) in [7, 11) is 0. The number of likely N-dealkylation sites (tertiary alicyclic amines) is 1. The van der Waals surface area contributed by atoms with Crippen LogP contribution in [-0.4, -0.2) is 42.4 Å². The third-order valence-corrected chi connectivity index (χ3v) is 6.06. The molecule has 0 saturated carbocycles. The smallest absolute Gasteiger partial charge is 0.338 e. The van der Waals surface area contributed by atoms with Crippen LogP contribution in [0.25, 0.3) is 11.2 Å². The molecule has 2 aromatic heterocycles. The van der Waals surface area contributed by atoms with Crippen molar-refractivity contribution in [3.05, 3.63) is 62.1 Å². The number of nitrogens with one attached hydrogen (secondary N) is 1. The Bertz CT molecular complexity index is 1340. The molecule has 4 rings (SSSR count). The third-order valence-electron chi connectivity index (χ3n) is 6.06. The van der Waals surface area contributed by atoms with Crippen LogP contribution >= 0.6 is 0 Å². The number of fused-ring (bicyclic) bond motifs is 1. The molecular formula is C24H29N5O5. The molecule has 3 heterocycles. The van der Waals surface area contributed by atoms with Crippen molar-refractivity contribution in [3.63, 3.8) is 0 Å². The Hall–Kier alpha value is -3.69. The molecule has 0 bridgehead atoms. The average Bonchev–Trinajstić information content (AvgIpc) is 3.40. The van der Waals surface area contributed by atoms with Crippen molar-refractivity contribution in [1.29, 1.82) is 0 Å². The Kier molecular flexibility index (Phi) is 6.95. The molecule has 1 aromatic carbocycles. The molecule has 0 atom stereocenters. The SMILES string of the molecule is CCCCn1c(=O)[nH]c(=O)c2c1nc(COC(=O)c1cccc(CN3CCCC3=O)c1)n2CC. The number of hydrogen-bond acceptors (Lipinski definition) is 6. The topological polar surface area (TPSA) is 119 Å². The van der Waals surface area contributed by atoms with E-state index in [-0.39, 0.29) is 12.5 Å². The molecule has 1 amide bonds. The highest BCUT2D eigenvalue weighted by molar-refractivity contribution is 5.89. The summed E-state index contributed by atoms with van der Waals surface area (Å²) in [5.74, 6) is -0.00791. The van der Waals surface area contributed by atoms with E-state index in [4.69, 9.17) is 4.74 Å². The number of ether oxygens (including phenoxy) is 1. The Morgan fingerprint density at radius 1 is 1.18 bits per heavy atom. The maximum absolute atomic E-state index is 12.8. The predicted octanol–water partition coefficient (Wildman–Crippen LogP) is 2.19. The zero-order valence-corrected chi connectivity index (χ0v) is 19.5. The van der Waals surface area contributed by atoms with E-state index in [9.17, 15) is 19.2 Å². The first kappa shape index (κ1) is 23.5. The lowest BCUT2D eigenvalue weighted by molar-refractivity contribution is -0.128. The second kappa shape index (κ2) is 10.1. The number of benzene rings is 1. The molecule has 0 aliphatic carbocycles. The molecule has 0 radical (unpaired) electrons. The fraction of sp³-hybridized carbons (Fsp3) is 0.458. The van der Waals surface area contributed by atoms with Gasteiger partial charge in [-0.15, -0.1) is 0 Å². The molecule has 3 aromatic rings. The molecule has 0 spiro atoms. The van der Waals surface area contributed by atoms with Crippen molar-refractivity contribution in [2.45, 2.75) is 65.8 Å². The number of nitrogens with zero attached hydrogens (tertiary/aromatic N) is 4. The van der Waals surface area contributed by atoms with Crippen molar-refractivity contribution in [2.24, 2.45) is 0 Å². The van der Waals surface area contributed by atoms with Gasteiger partial charge in [-0.3, -0.25) is 19.1 Å². The van der Waals surface area contributed by atoms with E-state index >= 15 is 0 Å². The van der Waals surface area contributed by atoms with E-state index in [1.54, 1.807) is 27.7 Å². The maximum Gasteiger partial charge on any atom is 0.338 e. The summed E-state index contributed by atoms with van der Waals surface area (Å²) in [6.45, 7) is 5.79. The number of carbonyl (C=O) groups excluding carboxylic acids is 2. The summed E-state index contributed by atoms with van der Waals surface area (Å²) in [4.78, 5) is 58.2. The van der Waals surface area contributed by atoms with Gasteiger partial charge in [0.1, 0.15) is 12.4 Å². The maximum atomic E-state index is 12.8. The first-order valence-electron chi connectivity index (χ1n) is 11.7. The summed E-state index contributed by atoms with van der Waals surface area (Å²) in [6.07, 6.45) is 3.07. The summed E-state index contributed by atoms with van der Waals surface area (Å²) in [5.41, 5.74) is 0.819. The van der Waals surface area contributed by atoms with Crippen LogP contribution in [0, 0.1) is 0 Å². The fourth-order valence-corrected chi connectivity index (χ4v) is 4.29. The van der Waals surface area contributed by atoms with Gasteiger partial charge in [-0.1, -0.05) is 25.5 Å². The molecular weight excluding hydrogens is 438 g/mol. The van der Waals surface area contributed by atoms with E-state index < -0.39 is 17.2 Å². The molecule has 0 unspecified atom stereocenters. The Morgan fingerprint density at radius 3 is 2.71 bits per heavy atom. The lowest BCUT2D eigenvalue weighted by Crippen LogP contribution is -2.31. The van der Waals surface area contributed by atoms with E-state index in [2.05, 4.69) is 9.97 Å². The van der Waals surface area contributed by atoms with Gasteiger partial charge in [0.05, 0.1) is 5.56 Å². The van der Waals surface area contributed by atoms with Gasteiger partial charge >= 0.3 is 11.7 Å². The lowest BCUT2D eigenvalue weighted by Gasteiger charge is -2.15. The van der Waals surface area contributed by atoms with Crippen LogP contribution in [-0.2, 0) is 35.8 Å². The number of H-pyrrole nitrogens is 1. The zero-order valence-electron chi connectivity index (χ0n) is 19.5. The van der Waals surface area contributed by atoms with E-state index in [1.807, 2.05) is 19.9 Å². The number of imidazole rings is 1. The second-order valence-electron chi connectivity index (χ2n) is 8.40. The average molecular weight is 468 g/mol. The third kappa shape index (κ3) is 4.66. The number of hydrogen-bond donors (Lipinski definition) is 1. The Morgan fingerprint density at radius 2 is 2.00 bits per heavy atom. The molecule has 180 valence electrons. The van der Waals surface area contributed by atoms with Crippen LogP contribution in [0.4, 0.5) is 0 Å². The van der Waals surface area contributed by atoms with Crippen molar-refractivity contribution < 1.29 is 14.3 Å². The molecule has 1 fully saturated rings. The highest BCUT2D eigenvalue weighted by atomic mass is 16.5. The number of unbranched alkanes of at least 4 members (excludes halogenated alkanes) is 1. The molecule has 34 heavy (non-hydrogen) atoms. The van der Waals surface area contributed by atoms with E-state index in [1.165, 1.54) is 4.57 Å². The van der Waals surface area contributed by atoms with Crippen LogP contribution < -0.4 is 11.2 Å². The molecule has 1 aliphatic rings. The van der Waals surface area contributed by atoms with Crippen LogP contribution in [0.3, 0.4) is 0 Å². The standard InChI is InChI=1S/C24H29N5O5/c1-3-5-12-29-21-20(22(31)26-24(29)33)28(4-2)18(25-21)15-34-23(32)17-9-6-8-16(13-17)14-27-11-7-10-19(27)30/h6,8-9,13H,3-5,7,10-12,14-15H2,1-2H3,(H,26,31,33). The monoisotopic (exact) mass is 467 g/mol. The van der Waals surface area contributed by atoms with Crippen molar-refractivity contribution in [1.82, 2.24) is 24.0 Å². The van der Waals surface area contributed by atoms with Crippen LogP contribution in [0.1, 0.15) is 61.3 Å². The first-order valence-corrected chi connectivity index (χ1v) is 11.7. The minimum atomic E-state index is -0.526. The van der Waals surface area contributed by atoms with Gasteiger partial charge in [0, 0.05) is 32.6 Å². The number of aromatic nitrogens is 4. The van der Waals surface area contributed by atoms with Gasteiger partial charge in [-0.2, -0.15) is 0 Å².